The van der Waals surface area contributed by atoms with Gasteiger partial charge in [0.05, 0.1) is 0 Å². The lowest BCUT2D eigenvalue weighted by atomic mass is 10.3. The molecule has 1 aromatic heterocycles. The van der Waals surface area contributed by atoms with Crippen molar-refractivity contribution < 1.29 is 9.90 Å². The minimum atomic E-state index is -0.867. The fourth-order valence-electron chi connectivity index (χ4n) is 2.03. The van der Waals surface area contributed by atoms with Gasteiger partial charge in [0, 0.05) is 45.5 Å². The third-order valence-electron chi connectivity index (χ3n) is 3.04. The molecular weight excluding hydrogens is 206 g/mol. The number of nitrogens with zero attached hydrogens (tertiary/aromatic N) is 2. The summed E-state index contributed by atoms with van der Waals surface area (Å²) in [6.07, 6.45) is 0. The van der Waals surface area contributed by atoms with E-state index in [1.165, 1.54) is 0 Å². The monoisotopic (exact) mass is 223 g/mol. The van der Waals surface area contributed by atoms with Crippen LogP contribution in [0.3, 0.4) is 0 Å². The van der Waals surface area contributed by atoms with Gasteiger partial charge in [-0.1, -0.05) is 0 Å². The average Bonchev–Trinajstić information content (AvgIpc) is 2.62. The molecule has 1 aromatic rings. The summed E-state index contributed by atoms with van der Waals surface area (Å²) in [5.74, 6) is -0.867. The Hall–Kier alpha value is -1.33. The molecule has 0 radical (unpaired) electrons. The SMILES string of the molecule is Cn1c(CN2CCNCC2)ccc1C(=O)O. The third-order valence-corrected chi connectivity index (χ3v) is 3.04. The first-order valence-corrected chi connectivity index (χ1v) is 5.49. The Morgan fingerprint density at radius 2 is 2.12 bits per heavy atom. The van der Waals surface area contributed by atoms with Gasteiger partial charge >= 0.3 is 5.97 Å². The van der Waals surface area contributed by atoms with Crippen LogP contribution in [-0.4, -0.2) is 46.7 Å². The number of nitrogens with one attached hydrogen (secondary N) is 1. The van der Waals surface area contributed by atoms with Gasteiger partial charge in [-0.25, -0.2) is 4.79 Å². The molecule has 5 nitrogen and oxygen atoms in total. The highest BCUT2D eigenvalue weighted by Crippen LogP contribution is 2.10. The highest BCUT2D eigenvalue weighted by molar-refractivity contribution is 5.86. The van der Waals surface area contributed by atoms with E-state index in [2.05, 4.69) is 10.2 Å². The summed E-state index contributed by atoms with van der Waals surface area (Å²) in [5.41, 5.74) is 1.41. The molecule has 0 bridgehead atoms. The van der Waals surface area contributed by atoms with Crippen molar-refractivity contribution in [1.29, 1.82) is 0 Å². The van der Waals surface area contributed by atoms with Gasteiger partial charge in [-0.05, 0) is 12.1 Å². The van der Waals surface area contributed by atoms with Crippen LogP contribution in [0.2, 0.25) is 0 Å². The van der Waals surface area contributed by atoms with Crippen molar-refractivity contribution in [2.75, 3.05) is 26.2 Å². The number of rotatable bonds is 3. The highest BCUT2D eigenvalue weighted by Gasteiger charge is 2.15. The predicted octanol–water partition coefficient (Wildman–Crippen LogP) is 0.129. The first kappa shape index (κ1) is 11.2. The molecule has 0 amide bonds. The Labute approximate surface area is 94.7 Å². The fraction of sp³-hybridized carbons (Fsp3) is 0.545. The molecule has 0 aromatic carbocycles. The zero-order chi connectivity index (χ0) is 11.5. The van der Waals surface area contributed by atoms with Crippen LogP contribution in [0.5, 0.6) is 0 Å². The molecule has 2 N–H and O–H groups in total. The molecule has 16 heavy (non-hydrogen) atoms. The van der Waals surface area contributed by atoms with E-state index < -0.39 is 5.97 Å². The van der Waals surface area contributed by atoms with Gasteiger partial charge in [-0.3, -0.25) is 4.90 Å². The van der Waals surface area contributed by atoms with Crippen molar-refractivity contribution >= 4 is 5.97 Å². The van der Waals surface area contributed by atoms with Crippen LogP contribution < -0.4 is 5.32 Å². The number of carboxylic acid groups (broad SMARTS) is 1. The summed E-state index contributed by atoms with van der Waals surface area (Å²) in [5, 5.41) is 12.2. The lowest BCUT2D eigenvalue weighted by molar-refractivity contribution is 0.0686. The van der Waals surface area contributed by atoms with Crippen LogP contribution >= 0.6 is 0 Å². The van der Waals surface area contributed by atoms with E-state index in [1.54, 1.807) is 17.7 Å². The summed E-state index contributed by atoms with van der Waals surface area (Å²) in [4.78, 5) is 13.2. The lowest BCUT2D eigenvalue weighted by Crippen LogP contribution is -2.43. The van der Waals surface area contributed by atoms with Crippen molar-refractivity contribution in [1.82, 2.24) is 14.8 Å². The van der Waals surface area contributed by atoms with Gasteiger partial charge in [0.2, 0.25) is 0 Å². The molecule has 2 rings (SSSR count). The highest BCUT2D eigenvalue weighted by atomic mass is 16.4. The van der Waals surface area contributed by atoms with Crippen molar-refractivity contribution in [2.45, 2.75) is 6.54 Å². The van der Waals surface area contributed by atoms with Gasteiger partial charge in [0.15, 0.2) is 0 Å². The van der Waals surface area contributed by atoms with Crippen LogP contribution in [0.4, 0.5) is 0 Å². The van der Waals surface area contributed by atoms with Crippen LogP contribution in [0.25, 0.3) is 0 Å². The second kappa shape index (κ2) is 4.67. The van der Waals surface area contributed by atoms with E-state index in [4.69, 9.17) is 5.11 Å². The minimum Gasteiger partial charge on any atom is -0.477 e. The first-order valence-electron chi connectivity index (χ1n) is 5.49. The number of hydrogen-bond acceptors (Lipinski definition) is 3. The predicted molar refractivity (Wildman–Crippen MR) is 60.5 cm³/mol. The summed E-state index contributed by atoms with van der Waals surface area (Å²) in [7, 11) is 1.81. The van der Waals surface area contributed by atoms with Gasteiger partial charge in [-0.15, -0.1) is 0 Å². The van der Waals surface area contributed by atoms with Crippen LogP contribution in [-0.2, 0) is 13.6 Å². The van der Waals surface area contributed by atoms with Crippen LogP contribution in [0, 0.1) is 0 Å². The second-order valence-electron chi connectivity index (χ2n) is 4.10. The standard InChI is InChI=1S/C11H17N3O2/c1-13-9(2-3-10(13)11(15)16)8-14-6-4-12-5-7-14/h2-3,12H,4-8H2,1H3,(H,15,16). The molecule has 0 atom stereocenters. The van der Waals surface area contributed by atoms with Crippen molar-refractivity contribution in [2.24, 2.45) is 7.05 Å². The molecule has 2 heterocycles. The van der Waals surface area contributed by atoms with E-state index in [9.17, 15) is 4.79 Å². The topological polar surface area (TPSA) is 57.5 Å². The smallest absolute Gasteiger partial charge is 0.352 e. The number of hydrogen-bond donors (Lipinski definition) is 2. The Morgan fingerprint density at radius 3 is 2.69 bits per heavy atom. The zero-order valence-corrected chi connectivity index (χ0v) is 9.44. The van der Waals surface area contributed by atoms with Gasteiger partial charge in [-0.2, -0.15) is 0 Å². The van der Waals surface area contributed by atoms with E-state index in [1.807, 2.05) is 6.07 Å². The fourth-order valence-corrected chi connectivity index (χ4v) is 2.03. The van der Waals surface area contributed by atoms with E-state index >= 15 is 0 Å². The molecule has 0 saturated carbocycles. The Bertz CT molecular complexity index is 381. The van der Waals surface area contributed by atoms with Crippen molar-refractivity contribution in [3.8, 4) is 0 Å². The second-order valence-corrected chi connectivity index (χ2v) is 4.10. The van der Waals surface area contributed by atoms with Gasteiger partial charge < -0.3 is 15.0 Å². The van der Waals surface area contributed by atoms with Crippen LogP contribution in [0.15, 0.2) is 12.1 Å². The summed E-state index contributed by atoms with van der Waals surface area (Å²) >= 11 is 0. The molecule has 1 fully saturated rings. The number of carboxylic acids is 1. The van der Waals surface area contributed by atoms with Gasteiger partial charge in [0.25, 0.3) is 0 Å². The Morgan fingerprint density at radius 1 is 1.44 bits per heavy atom. The van der Waals surface area contributed by atoms with E-state index in [-0.39, 0.29) is 0 Å². The number of piperazine rings is 1. The Balaban J connectivity index is 2.06. The zero-order valence-electron chi connectivity index (χ0n) is 9.44. The maximum absolute atomic E-state index is 10.9. The molecular formula is C11H17N3O2. The molecule has 1 aliphatic heterocycles. The molecule has 0 spiro atoms. The molecule has 88 valence electrons. The van der Waals surface area contributed by atoms with Gasteiger partial charge in [0.1, 0.15) is 5.69 Å². The molecule has 0 aliphatic carbocycles. The normalized spacial score (nSPS) is 17.6. The first-order chi connectivity index (χ1) is 7.68. The quantitative estimate of drug-likeness (QED) is 0.764. The molecule has 0 unspecified atom stereocenters. The molecule has 1 saturated heterocycles. The number of carbonyl (C=O) groups is 1. The summed E-state index contributed by atoms with van der Waals surface area (Å²) in [6.45, 7) is 4.89. The minimum absolute atomic E-state index is 0.352. The van der Waals surface area contributed by atoms with E-state index in [0.717, 1.165) is 38.4 Å². The maximum atomic E-state index is 10.9. The number of aromatic nitrogens is 1. The number of aromatic carboxylic acids is 1. The van der Waals surface area contributed by atoms with Crippen molar-refractivity contribution in [3.05, 3.63) is 23.5 Å². The van der Waals surface area contributed by atoms with Crippen LogP contribution in [0.1, 0.15) is 16.2 Å². The molecule has 1 aliphatic rings. The molecule has 5 heteroatoms. The Kier molecular flexibility index (Phi) is 3.26. The van der Waals surface area contributed by atoms with E-state index in [0.29, 0.717) is 5.69 Å². The van der Waals surface area contributed by atoms with Crippen molar-refractivity contribution in [3.63, 3.8) is 0 Å². The third kappa shape index (κ3) is 2.25. The maximum Gasteiger partial charge on any atom is 0.352 e. The summed E-state index contributed by atoms with van der Waals surface area (Å²) < 4.78 is 1.75. The average molecular weight is 223 g/mol. The largest absolute Gasteiger partial charge is 0.477 e. The lowest BCUT2D eigenvalue weighted by Gasteiger charge is -2.27. The summed E-state index contributed by atoms with van der Waals surface area (Å²) in [6, 6.07) is 3.56.